The van der Waals surface area contributed by atoms with Crippen LogP contribution in [0.4, 0.5) is 0 Å². The third-order valence-electron chi connectivity index (χ3n) is 2.79. The van der Waals surface area contributed by atoms with Gasteiger partial charge in [-0.15, -0.1) is 0 Å². The fraction of sp³-hybridized carbons (Fsp3) is 0.846. The molecule has 0 saturated carbocycles. The van der Waals surface area contributed by atoms with Crippen molar-refractivity contribution in [3.63, 3.8) is 0 Å². The monoisotopic (exact) mass is 258 g/mol. The smallest absolute Gasteiger partial charge is 0.328 e. The van der Waals surface area contributed by atoms with Gasteiger partial charge in [0.05, 0.1) is 13.7 Å². The number of rotatable bonds is 8. The minimum atomic E-state index is -0.543. The van der Waals surface area contributed by atoms with E-state index in [0.29, 0.717) is 18.9 Å². The molecule has 1 atom stereocenters. The van der Waals surface area contributed by atoms with Gasteiger partial charge in [-0.3, -0.25) is 9.69 Å². The Labute approximate surface area is 110 Å². The lowest BCUT2D eigenvalue weighted by Gasteiger charge is -2.21. The van der Waals surface area contributed by atoms with Crippen molar-refractivity contribution in [3.05, 3.63) is 0 Å². The highest BCUT2D eigenvalue weighted by atomic mass is 16.5. The molecular formula is C13H26N2O3. The summed E-state index contributed by atoms with van der Waals surface area (Å²) in [5.41, 5.74) is 0. The molecule has 0 aromatic carbocycles. The maximum Gasteiger partial charge on any atom is 0.328 e. The minimum absolute atomic E-state index is 0.130. The van der Waals surface area contributed by atoms with Gasteiger partial charge in [0, 0.05) is 0 Å². The molecule has 0 saturated heterocycles. The highest BCUT2D eigenvalue weighted by Crippen LogP contribution is 2.06. The Morgan fingerprint density at radius 2 is 1.78 bits per heavy atom. The van der Waals surface area contributed by atoms with Crippen LogP contribution in [0.25, 0.3) is 0 Å². The Balaban J connectivity index is 4.38. The standard InChI is InChI=1S/C13H26N2O3/c1-6-15(7-2)9-12(16)14-11(8-10(3)4)13(17)18-5/h10-11H,6-9H2,1-5H3,(H,14,16). The van der Waals surface area contributed by atoms with Crippen LogP contribution in [0.2, 0.25) is 0 Å². The molecule has 18 heavy (non-hydrogen) atoms. The zero-order chi connectivity index (χ0) is 14.1. The number of methoxy groups -OCH3 is 1. The Hall–Kier alpha value is -1.10. The summed E-state index contributed by atoms with van der Waals surface area (Å²) in [5, 5.41) is 2.74. The van der Waals surface area contributed by atoms with Crippen molar-refractivity contribution in [1.82, 2.24) is 10.2 Å². The third kappa shape index (κ3) is 6.59. The second kappa shape index (κ2) is 8.91. The van der Waals surface area contributed by atoms with Gasteiger partial charge in [-0.1, -0.05) is 27.7 Å². The third-order valence-corrected chi connectivity index (χ3v) is 2.79. The Morgan fingerprint density at radius 3 is 2.17 bits per heavy atom. The quantitative estimate of drug-likeness (QED) is 0.661. The van der Waals surface area contributed by atoms with E-state index in [9.17, 15) is 9.59 Å². The predicted octanol–water partition coefficient (Wildman–Crippen LogP) is 1.03. The molecule has 5 nitrogen and oxygen atoms in total. The molecule has 1 N–H and O–H groups in total. The van der Waals surface area contributed by atoms with Crippen molar-refractivity contribution >= 4 is 11.9 Å². The van der Waals surface area contributed by atoms with Gasteiger partial charge in [-0.05, 0) is 25.4 Å². The van der Waals surface area contributed by atoms with Crippen molar-refractivity contribution in [2.24, 2.45) is 5.92 Å². The summed E-state index contributed by atoms with van der Waals surface area (Å²) in [7, 11) is 1.34. The number of nitrogens with one attached hydrogen (secondary N) is 1. The molecule has 0 radical (unpaired) electrons. The molecule has 0 aliphatic rings. The lowest BCUT2D eigenvalue weighted by atomic mass is 10.0. The molecule has 5 heteroatoms. The van der Waals surface area contributed by atoms with Crippen molar-refractivity contribution in [3.8, 4) is 0 Å². The molecule has 1 unspecified atom stereocenters. The van der Waals surface area contributed by atoms with Crippen LogP contribution in [0.15, 0.2) is 0 Å². The number of hydrogen-bond acceptors (Lipinski definition) is 4. The van der Waals surface area contributed by atoms with Gasteiger partial charge in [0.25, 0.3) is 0 Å². The van der Waals surface area contributed by atoms with Gasteiger partial charge in [0.2, 0.25) is 5.91 Å². The SMILES string of the molecule is CCN(CC)CC(=O)NC(CC(C)C)C(=O)OC. The van der Waals surface area contributed by atoms with Crippen LogP contribution < -0.4 is 5.32 Å². The first-order valence-corrected chi connectivity index (χ1v) is 6.54. The summed E-state index contributed by atoms with van der Waals surface area (Å²) < 4.78 is 4.70. The van der Waals surface area contributed by atoms with Crippen LogP contribution in [0.3, 0.4) is 0 Å². The predicted molar refractivity (Wildman–Crippen MR) is 71.2 cm³/mol. The van der Waals surface area contributed by atoms with Gasteiger partial charge in [-0.2, -0.15) is 0 Å². The summed E-state index contributed by atoms with van der Waals surface area (Å²) in [6, 6.07) is -0.543. The summed E-state index contributed by atoms with van der Waals surface area (Å²) in [6.45, 7) is 9.97. The first-order valence-electron chi connectivity index (χ1n) is 6.54. The number of amides is 1. The lowest BCUT2D eigenvalue weighted by molar-refractivity contribution is -0.145. The zero-order valence-electron chi connectivity index (χ0n) is 12.2. The molecule has 0 heterocycles. The van der Waals surface area contributed by atoms with E-state index in [-0.39, 0.29) is 11.9 Å². The summed E-state index contributed by atoms with van der Waals surface area (Å²) in [5.74, 6) is -0.186. The molecule has 0 aromatic rings. The number of carbonyl (C=O) groups is 2. The van der Waals surface area contributed by atoms with Gasteiger partial charge >= 0.3 is 5.97 Å². The number of likely N-dealkylation sites (N-methyl/N-ethyl adjacent to an activating group) is 1. The van der Waals surface area contributed by atoms with Crippen molar-refractivity contribution in [1.29, 1.82) is 0 Å². The average molecular weight is 258 g/mol. The van der Waals surface area contributed by atoms with Crippen LogP contribution in [-0.2, 0) is 14.3 Å². The van der Waals surface area contributed by atoms with Gasteiger partial charge < -0.3 is 10.1 Å². The van der Waals surface area contributed by atoms with E-state index < -0.39 is 6.04 Å². The van der Waals surface area contributed by atoms with Crippen LogP contribution in [0, 0.1) is 5.92 Å². The normalized spacial score (nSPS) is 12.6. The summed E-state index contributed by atoms with van der Waals surface area (Å²) in [6.07, 6.45) is 0.594. The largest absolute Gasteiger partial charge is 0.467 e. The van der Waals surface area contributed by atoms with E-state index >= 15 is 0 Å². The number of esters is 1. The summed E-state index contributed by atoms with van der Waals surface area (Å²) >= 11 is 0. The summed E-state index contributed by atoms with van der Waals surface area (Å²) in [4.78, 5) is 25.4. The zero-order valence-corrected chi connectivity index (χ0v) is 12.2. The first kappa shape index (κ1) is 16.9. The van der Waals surface area contributed by atoms with Gasteiger partial charge in [-0.25, -0.2) is 4.79 Å². The molecule has 0 spiro atoms. The second-order valence-electron chi connectivity index (χ2n) is 4.73. The molecule has 0 aliphatic carbocycles. The maximum absolute atomic E-state index is 11.8. The lowest BCUT2D eigenvalue weighted by Crippen LogP contribution is -2.46. The highest BCUT2D eigenvalue weighted by Gasteiger charge is 2.22. The number of ether oxygens (including phenoxy) is 1. The van der Waals surface area contributed by atoms with Crippen LogP contribution in [0.1, 0.15) is 34.1 Å². The van der Waals surface area contributed by atoms with Crippen molar-refractivity contribution < 1.29 is 14.3 Å². The maximum atomic E-state index is 11.8. The Morgan fingerprint density at radius 1 is 1.22 bits per heavy atom. The van der Waals surface area contributed by atoms with E-state index in [1.807, 2.05) is 32.6 Å². The number of nitrogens with zero attached hydrogens (tertiary/aromatic N) is 1. The van der Waals surface area contributed by atoms with E-state index in [1.54, 1.807) is 0 Å². The fourth-order valence-corrected chi connectivity index (χ4v) is 1.72. The molecule has 106 valence electrons. The van der Waals surface area contributed by atoms with Crippen LogP contribution in [-0.4, -0.2) is 49.6 Å². The molecular weight excluding hydrogens is 232 g/mol. The van der Waals surface area contributed by atoms with Crippen molar-refractivity contribution in [2.45, 2.75) is 40.2 Å². The van der Waals surface area contributed by atoms with E-state index in [4.69, 9.17) is 4.74 Å². The van der Waals surface area contributed by atoms with Crippen LogP contribution in [0.5, 0.6) is 0 Å². The minimum Gasteiger partial charge on any atom is -0.467 e. The van der Waals surface area contributed by atoms with E-state index in [0.717, 1.165) is 13.1 Å². The van der Waals surface area contributed by atoms with E-state index in [1.165, 1.54) is 7.11 Å². The van der Waals surface area contributed by atoms with Crippen LogP contribution >= 0.6 is 0 Å². The van der Waals surface area contributed by atoms with Gasteiger partial charge in [0.15, 0.2) is 0 Å². The second-order valence-corrected chi connectivity index (χ2v) is 4.73. The Kier molecular flexibility index (Phi) is 8.37. The molecule has 0 aromatic heterocycles. The van der Waals surface area contributed by atoms with Gasteiger partial charge in [0.1, 0.15) is 6.04 Å². The number of hydrogen-bond donors (Lipinski definition) is 1. The molecule has 0 bridgehead atoms. The first-order chi connectivity index (χ1) is 8.44. The highest BCUT2D eigenvalue weighted by molar-refractivity contribution is 5.85. The van der Waals surface area contributed by atoms with E-state index in [2.05, 4.69) is 5.32 Å². The topological polar surface area (TPSA) is 58.6 Å². The average Bonchev–Trinajstić information content (AvgIpc) is 2.33. The Bertz CT molecular complexity index is 263. The van der Waals surface area contributed by atoms with Crippen molar-refractivity contribution in [2.75, 3.05) is 26.7 Å². The molecule has 0 rings (SSSR count). The fourth-order valence-electron chi connectivity index (χ4n) is 1.72. The molecule has 1 amide bonds. The molecule has 0 aliphatic heterocycles. The molecule has 0 fully saturated rings. The number of carbonyl (C=O) groups excluding carboxylic acids is 2.